The van der Waals surface area contributed by atoms with E-state index in [1.165, 1.54) is 22.3 Å². The first-order valence-electron chi connectivity index (χ1n) is 16.9. The molecule has 51 heavy (non-hydrogen) atoms. The number of rotatable bonds is 3. The summed E-state index contributed by atoms with van der Waals surface area (Å²) in [5.41, 5.74) is 12.9. The molecule has 0 amide bonds. The Hall–Kier alpha value is -5.96. The minimum atomic E-state index is -0.725. The zero-order valence-corrected chi connectivity index (χ0v) is 29.4. The molecule has 0 saturated heterocycles. The Labute approximate surface area is 308 Å². The van der Waals surface area contributed by atoms with E-state index >= 15 is 0 Å². The summed E-state index contributed by atoms with van der Waals surface area (Å²) >= 11 is 0. The quantitative estimate of drug-likeness (QED) is 0.132. The van der Waals surface area contributed by atoms with Crippen molar-refractivity contribution in [2.75, 3.05) is 0 Å². The molecular formula is C46H26N4Pt. The first kappa shape index (κ1) is 29.9. The van der Waals surface area contributed by atoms with Crippen LogP contribution in [0.1, 0.15) is 22.3 Å². The third-order valence-corrected chi connectivity index (χ3v) is 10.5. The van der Waals surface area contributed by atoms with Crippen molar-refractivity contribution < 1.29 is 21.1 Å². The molecule has 0 fully saturated rings. The molecule has 6 aromatic carbocycles. The maximum Gasteiger partial charge on any atom is 2.00 e. The van der Waals surface area contributed by atoms with Gasteiger partial charge in [0.2, 0.25) is 0 Å². The molecule has 4 aromatic heterocycles. The predicted octanol–water partition coefficient (Wildman–Crippen LogP) is 10.4. The number of hydrogen-bond acceptors (Lipinski definition) is 3. The Kier molecular flexibility index (Phi) is 6.62. The molecule has 4 heterocycles. The van der Waals surface area contributed by atoms with E-state index < -0.39 is 5.41 Å². The molecule has 1 aliphatic carbocycles. The van der Waals surface area contributed by atoms with Gasteiger partial charge in [-0.2, -0.15) is 0 Å². The van der Waals surface area contributed by atoms with Crippen molar-refractivity contribution >= 4 is 49.3 Å². The third kappa shape index (κ3) is 4.08. The zero-order valence-electron chi connectivity index (χ0n) is 27.1. The summed E-state index contributed by atoms with van der Waals surface area (Å²) in [7, 11) is 0. The molecule has 0 spiro atoms. The summed E-state index contributed by atoms with van der Waals surface area (Å²) < 4.78 is 2.24. The van der Waals surface area contributed by atoms with Crippen LogP contribution in [0.5, 0.6) is 0 Å². The van der Waals surface area contributed by atoms with Gasteiger partial charge in [0.1, 0.15) is 0 Å². The first-order chi connectivity index (χ1) is 24.8. The fraction of sp³-hybridized carbons (Fsp3) is 0.0217. The van der Waals surface area contributed by atoms with Crippen molar-refractivity contribution in [2.24, 2.45) is 0 Å². The van der Waals surface area contributed by atoms with Crippen molar-refractivity contribution in [1.29, 1.82) is 0 Å². The number of hydrogen-bond donors (Lipinski definition) is 0. The van der Waals surface area contributed by atoms with Gasteiger partial charge in [0.15, 0.2) is 0 Å². The van der Waals surface area contributed by atoms with Gasteiger partial charge in [-0.3, -0.25) is 9.97 Å². The molecule has 0 atom stereocenters. The minimum Gasteiger partial charge on any atom is -0.332 e. The summed E-state index contributed by atoms with van der Waals surface area (Å²) in [6.45, 7) is 0. The average Bonchev–Trinajstić information content (AvgIpc) is 3.73. The molecule has 0 radical (unpaired) electrons. The normalized spacial score (nSPS) is 13.1. The number of pyridine rings is 3. The molecule has 5 heteroatoms. The van der Waals surface area contributed by atoms with E-state index in [0.717, 1.165) is 71.6 Å². The zero-order chi connectivity index (χ0) is 32.8. The number of nitrogens with zero attached hydrogens (tertiary/aromatic N) is 4. The molecule has 240 valence electrons. The van der Waals surface area contributed by atoms with Crippen molar-refractivity contribution in [1.82, 2.24) is 19.4 Å². The van der Waals surface area contributed by atoms with E-state index in [4.69, 9.17) is 15.0 Å². The summed E-state index contributed by atoms with van der Waals surface area (Å²) in [6.07, 6.45) is 3.73. The second kappa shape index (κ2) is 11.3. The number of aromatic nitrogens is 4. The third-order valence-electron chi connectivity index (χ3n) is 10.5. The van der Waals surface area contributed by atoms with Crippen LogP contribution < -0.4 is 0 Å². The van der Waals surface area contributed by atoms with Gasteiger partial charge in [-0.15, -0.1) is 52.4 Å². The molecule has 11 rings (SSSR count). The largest absolute Gasteiger partial charge is 2.00 e. The standard InChI is InChI=1S/C46H26N4.Pt/c1-2-13-32-29(12-1)26-31(28-36(32)40-18-9-10-24-47-40)46(38-16-5-3-14-33(38)34-15-4-6-17-39(34)46)30-22-23-35-37(27-30)45-49-41-19-7-8-20-42(41)50(45)43-21-11-25-48-44(35)43;/h1-26H;/q-2;+2. The van der Waals surface area contributed by atoms with Crippen LogP contribution in [0, 0.1) is 12.1 Å². The van der Waals surface area contributed by atoms with E-state index in [9.17, 15) is 0 Å². The monoisotopic (exact) mass is 829 g/mol. The Morgan fingerprint density at radius 1 is 0.549 bits per heavy atom. The van der Waals surface area contributed by atoms with Crippen molar-refractivity contribution in [3.63, 3.8) is 0 Å². The molecule has 0 N–H and O–H groups in total. The summed E-state index contributed by atoms with van der Waals surface area (Å²) in [6, 6.07) is 59.5. The van der Waals surface area contributed by atoms with Gasteiger partial charge in [0, 0.05) is 17.8 Å². The molecule has 10 aromatic rings. The molecule has 0 bridgehead atoms. The minimum absolute atomic E-state index is 0. The Bertz CT molecular complexity index is 2960. The second-order valence-electron chi connectivity index (χ2n) is 13.0. The maximum absolute atomic E-state index is 5.23. The molecule has 1 aliphatic rings. The van der Waals surface area contributed by atoms with Crippen LogP contribution in [-0.4, -0.2) is 19.4 Å². The fourth-order valence-electron chi connectivity index (χ4n) is 8.43. The molecule has 0 unspecified atom stereocenters. The molecular weight excluding hydrogens is 804 g/mol. The average molecular weight is 830 g/mol. The van der Waals surface area contributed by atoms with Gasteiger partial charge in [-0.05, 0) is 58.3 Å². The number of benzene rings is 6. The predicted molar refractivity (Wildman–Crippen MR) is 201 cm³/mol. The Balaban J connectivity index is 0.00000327. The topological polar surface area (TPSA) is 43.1 Å². The van der Waals surface area contributed by atoms with E-state index in [-0.39, 0.29) is 21.1 Å². The number of fused-ring (bicyclic) bond motifs is 12. The van der Waals surface area contributed by atoms with Gasteiger partial charge in [0.25, 0.3) is 0 Å². The van der Waals surface area contributed by atoms with Crippen molar-refractivity contribution in [3.8, 4) is 22.4 Å². The molecule has 0 aliphatic heterocycles. The van der Waals surface area contributed by atoms with E-state index in [0.29, 0.717) is 0 Å². The maximum atomic E-state index is 5.23. The summed E-state index contributed by atoms with van der Waals surface area (Å²) in [4.78, 5) is 15.0. The molecule has 0 saturated carbocycles. The van der Waals surface area contributed by atoms with Crippen LogP contribution in [0.3, 0.4) is 0 Å². The van der Waals surface area contributed by atoms with Crippen molar-refractivity contribution in [3.05, 3.63) is 192 Å². The van der Waals surface area contributed by atoms with Crippen LogP contribution in [0.2, 0.25) is 0 Å². The van der Waals surface area contributed by atoms with E-state index in [2.05, 4.69) is 138 Å². The smallest absolute Gasteiger partial charge is 0.332 e. The summed E-state index contributed by atoms with van der Waals surface area (Å²) in [5.74, 6) is 0. The second-order valence-corrected chi connectivity index (χ2v) is 13.0. The molecule has 4 nitrogen and oxygen atoms in total. The SMILES string of the molecule is [Pt+2].[c-]1c(C2(c3[c-]c4c(cc3)c3ncccc3n3c5ccccc5nc43)c3ccccc3-c3ccccc32)cc2ccccc2c1-c1ccccn1. The van der Waals surface area contributed by atoms with Gasteiger partial charge < -0.3 is 9.38 Å². The Morgan fingerprint density at radius 2 is 1.25 bits per heavy atom. The number of para-hydroxylation sites is 2. The fourth-order valence-corrected chi connectivity index (χ4v) is 8.43. The number of imidazole rings is 1. The van der Waals surface area contributed by atoms with Gasteiger partial charge in [-0.25, -0.2) is 0 Å². The van der Waals surface area contributed by atoms with Crippen LogP contribution in [0.4, 0.5) is 0 Å². The van der Waals surface area contributed by atoms with Gasteiger partial charge in [-0.1, -0.05) is 113 Å². The van der Waals surface area contributed by atoms with Crippen molar-refractivity contribution in [2.45, 2.75) is 5.41 Å². The van der Waals surface area contributed by atoms with Crippen LogP contribution in [0.15, 0.2) is 158 Å². The van der Waals surface area contributed by atoms with Gasteiger partial charge in [0.05, 0.1) is 27.7 Å². The Morgan fingerprint density at radius 3 is 2.08 bits per heavy atom. The van der Waals surface area contributed by atoms with Gasteiger partial charge >= 0.3 is 21.1 Å². The summed E-state index contributed by atoms with van der Waals surface area (Å²) in [5, 5.41) is 4.23. The van der Waals surface area contributed by atoms with Crippen LogP contribution in [0.25, 0.3) is 71.6 Å². The first-order valence-corrected chi connectivity index (χ1v) is 16.9. The van der Waals surface area contributed by atoms with E-state index in [1.807, 2.05) is 36.7 Å². The van der Waals surface area contributed by atoms with E-state index in [1.54, 1.807) is 0 Å². The van der Waals surface area contributed by atoms with Crippen LogP contribution >= 0.6 is 0 Å². The van der Waals surface area contributed by atoms with Crippen LogP contribution in [-0.2, 0) is 26.5 Å².